The summed E-state index contributed by atoms with van der Waals surface area (Å²) in [5, 5.41) is 17.9. The zero-order valence-electron chi connectivity index (χ0n) is 24.2. The van der Waals surface area contributed by atoms with Crippen LogP contribution in [0.5, 0.6) is 5.75 Å². The molecule has 6 rings (SSSR count). The number of benzene rings is 2. The molecule has 10 nitrogen and oxygen atoms in total. The highest BCUT2D eigenvalue weighted by Crippen LogP contribution is 2.39. The second kappa shape index (κ2) is 12.0. The Morgan fingerprint density at radius 3 is 2.21 bits per heavy atom. The first-order chi connectivity index (χ1) is 20.3. The van der Waals surface area contributed by atoms with E-state index in [1.807, 2.05) is 36.4 Å². The standard InChI is InChI=1S/C32H37N5O5/c1-32(2,30(38)39)40-26-16-10-21(11-17-26)18-19-37(31-34-29(42-36-31)24-6-4-3-5-7-24)20-22-8-12-23(13-9-22)27-33-28(41-35-27)25-14-15-25/h8-13,16-17,24-25H,3-7,14-15,18-20H2,1-2H3,(H,38,39). The monoisotopic (exact) mass is 571 g/mol. The van der Waals surface area contributed by atoms with Crippen molar-refractivity contribution in [2.24, 2.45) is 0 Å². The first-order valence-corrected chi connectivity index (χ1v) is 14.9. The largest absolute Gasteiger partial charge is 0.478 e. The first kappa shape index (κ1) is 27.9. The number of nitrogens with zero attached hydrogens (tertiary/aromatic N) is 5. The van der Waals surface area contributed by atoms with Crippen molar-refractivity contribution in [3.63, 3.8) is 0 Å². The molecule has 2 fully saturated rings. The molecule has 2 aliphatic rings. The van der Waals surface area contributed by atoms with Gasteiger partial charge in [0.05, 0.1) is 0 Å². The van der Waals surface area contributed by atoms with Crippen molar-refractivity contribution in [3.8, 4) is 17.1 Å². The number of rotatable bonds is 12. The number of carboxylic acid groups (broad SMARTS) is 1. The van der Waals surface area contributed by atoms with Gasteiger partial charge in [0.1, 0.15) is 5.75 Å². The molecule has 0 spiro atoms. The van der Waals surface area contributed by atoms with E-state index in [9.17, 15) is 9.90 Å². The first-order valence-electron chi connectivity index (χ1n) is 14.9. The maximum atomic E-state index is 11.4. The SMILES string of the molecule is CC(C)(Oc1ccc(CCN(Cc2ccc(-c3noc(C4CC4)n3)cc2)c2noc(C3CCCCC3)n2)cc1)C(=O)O. The van der Waals surface area contributed by atoms with Crippen LogP contribution in [0.25, 0.3) is 11.4 Å². The fourth-order valence-electron chi connectivity index (χ4n) is 5.28. The molecule has 2 saturated carbocycles. The summed E-state index contributed by atoms with van der Waals surface area (Å²) in [7, 11) is 0. The van der Waals surface area contributed by atoms with Crippen LogP contribution in [0.1, 0.15) is 93.5 Å². The highest BCUT2D eigenvalue weighted by Gasteiger charge is 2.30. The van der Waals surface area contributed by atoms with Crippen molar-refractivity contribution in [2.45, 2.75) is 89.2 Å². The predicted molar refractivity (Wildman–Crippen MR) is 155 cm³/mol. The normalized spacial score (nSPS) is 16.0. The Labute approximate surface area is 245 Å². The minimum atomic E-state index is -1.30. The lowest BCUT2D eigenvalue weighted by atomic mass is 9.89. The molecule has 0 saturated heterocycles. The van der Waals surface area contributed by atoms with Crippen molar-refractivity contribution in [2.75, 3.05) is 11.4 Å². The lowest BCUT2D eigenvalue weighted by Gasteiger charge is -2.22. The summed E-state index contributed by atoms with van der Waals surface area (Å²) in [5.41, 5.74) is 1.82. The van der Waals surface area contributed by atoms with Gasteiger partial charge in [-0.3, -0.25) is 0 Å². The van der Waals surface area contributed by atoms with E-state index in [1.165, 1.54) is 33.1 Å². The van der Waals surface area contributed by atoms with Crippen molar-refractivity contribution in [1.82, 2.24) is 20.3 Å². The van der Waals surface area contributed by atoms with E-state index in [0.717, 1.165) is 60.6 Å². The molecule has 0 radical (unpaired) electrons. The molecule has 2 heterocycles. The molecule has 4 aromatic rings. The molecule has 2 aromatic carbocycles. The van der Waals surface area contributed by atoms with Gasteiger partial charge in [0.15, 0.2) is 5.60 Å². The highest BCUT2D eigenvalue weighted by atomic mass is 16.5. The van der Waals surface area contributed by atoms with E-state index in [4.69, 9.17) is 18.8 Å². The zero-order valence-corrected chi connectivity index (χ0v) is 24.2. The number of hydrogen-bond acceptors (Lipinski definition) is 9. The molecule has 0 atom stereocenters. The van der Waals surface area contributed by atoms with Crippen molar-refractivity contribution < 1.29 is 23.7 Å². The summed E-state index contributed by atoms with van der Waals surface area (Å²) < 4.78 is 16.9. The Kier molecular flexibility index (Phi) is 7.95. The Balaban J connectivity index is 1.16. The molecule has 1 N–H and O–H groups in total. The summed E-state index contributed by atoms with van der Waals surface area (Å²) in [6.07, 6.45) is 8.83. The van der Waals surface area contributed by atoms with E-state index in [1.54, 1.807) is 0 Å². The quantitative estimate of drug-likeness (QED) is 0.200. The van der Waals surface area contributed by atoms with Crippen LogP contribution in [0.2, 0.25) is 0 Å². The Morgan fingerprint density at radius 1 is 0.881 bits per heavy atom. The maximum absolute atomic E-state index is 11.4. The second-order valence-electron chi connectivity index (χ2n) is 11.9. The van der Waals surface area contributed by atoms with Gasteiger partial charge in [-0.2, -0.15) is 9.97 Å². The fourth-order valence-corrected chi connectivity index (χ4v) is 5.28. The molecule has 220 valence electrons. The van der Waals surface area contributed by atoms with Gasteiger partial charge in [-0.1, -0.05) is 60.8 Å². The van der Waals surface area contributed by atoms with E-state index >= 15 is 0 Å². The highest BCUT2D eigenvalue weighted by molar-refractivity contribution is 5.76. The minimum Gasteiger partial charge on any atom is -0.478 e. The number of aliphatic carboxylic acids is 1. The van der Waals surface area contributed by atoms with Crippen LogP contribution in [0, 0.1) is 0 Å². The molecule has 0 aliphatic heterocycles. The van der Waals surface area contributed by atoms with Crippen LogP contribution in [0.15, 0.2) is 57.6 Å². The third kappa shape index (κ3) is 6.64. The number of aromatic nitrogens is 4. The van der Waals surface area contributed by atoms with E-state index in [-0.39, 0.29) is 0 Å². The molecule has 10 heteroatoms. The van der Waals surface area contributed by atoms with Gasteiger partial charge >= 0.3 is 5.97 Å². The molecule has 0 bridgehead atoms. The molecular weight excluding hydrogens is 534 g/mol. The summed E-state index contributed by atoms with van der Waals surface area (Å²) in [6, 6.07) is 15.7. The Hall–Kier alpha value is -4.21. The summed E-state index contributed by atoms with van der Waals surface area (Å²) >= 11 is 0. The Morgan fingerprint density at radius 2 is 1.52 bits per heavy atom. The van der Waals surface area contributed by atoms with Crippen LogP contribution in [-0.4, -0.2) is 43.5 Å². The summed E-state index contributed by atoms with van der Waals surface area (Å²) in [5.74, 6) is 2.94. The number of carboxylic acids is 1. The third-order valence-electron chi connectivity index (χ3n) is 8.10. The van der Waals surface area contributed by atoms with Gasteiger partial charge in [-0.05, 0) is 74.4 Å². The average Bonchev–Trinajstić information content (AvgIpc) is 3.52. The van der Waals surface area contributed by atoms with Crippen molar-refractivity contribution >= 4 is 11.9 Å². The number of hydrogen-bond donors (Lipinski definition) is 1. The van der Waals surface area contributed by atoms with Gasteiger partial charge in [-0.15, -0.1) is 0 Å². The van der Waals surface area contributed by atoms with E-state index in [2.05, 4.69) is 32.3 Å². The maximum Gasteiger partial charge on any atom is 0.347 e. The van der Waals surface area contributed by atoms with Crippen molar-refractivity contribution in [1.29, 1.82) is 0 Å². The molecule has 0 amide bonds. The average molecular weight is 572 g/mol. The fraction of sp³-hybridized carbons (Fsp3) is 0.469. The van der Waals surface area contributed by atoms with Gasteiger partial charge < -0.3 is 23.8 Å². The third-order valence-corrected chi connectivity index (χ3v) is 8.10. The van der Waals surface area contributed by atoms with Crippen LogP contribution in [0.4, 0.5) is 5.95 Å². The van der Waals surface area contributed by atoms with E-state index in [0.29, 0.717) is 42.4 Å². The predicted octanol–water partition coefficient (Wildman–Crippen LogP) is 6.54. The van der Waals surface area contributed by atoms with Gasteiger partial charge in [0, 0.05) is 30.5 Å². The lowest BCUT2D eigenvalue weighted by molar-refractivity contribution is -0.152. The topological polar surface area (TPSA) is 128 Å². The number of ether oxygens (including phenoxy) is 1. The zero-order chi connectivity index (χ0) is 29.1. The van der Waals surface area contributed by atoms with Crippen LogP contribution >= 0.6 is 0 Å². The number of anilines is 1. The smallest absolute Gasteiger partial charge is 0.347 e. The second-order valence-corrected chi connectivity index (χ2v) is 11.9. The van der Waals surface area contributed by atoms with Crippen LogP contribution in [0.3, 0.4) is 0 Å². The van der Waals surface area contributed by atoms with Gasteiger partial charge in [0.2, 0.25) is 17.6 Å². The van der Waals surface area contributed by atoms with Crippen molar-refractivity contribution in [3.05, 3.63) is 71.4 Å². The summed E-state index contributed by atoms with van der Waals surface area (Å²) in [4.78, 5) is 23.0. The molecule has 0 unspecified atom stereocenters. The molecule has 2 aliphatic carbocycles. The lowest BCUT2D eigenvalue weighted by Crippen LogP contribution is -2.37. The Bertz CT molecular complexity index is 1480. The molecular formula is C32H37N5O5. The minimum absolute atomic E-state index is 0.333. The summed E-state index contributed by atoms with van der Waals surface area (Å²) in [6.45, 7) is 4.35. The number of carbonyl (C=O) groups is 1. The van der Waals surface area contributed by atoms with Gasteiger partial charge in [0.25, 0.3) is 5.95 Å². The molecule has 2 aromatic heterocycles. The van der Waals surface area contributed by atoms with Crippen LogP contribution in [-0.2, 0) is 17.8 Å². The van der Waals surface area contributed by atoms with Crippen LogP contribution < -0.4 is 9.64 Å². The van der Waals surface area contributed by atoms with E-state index < -0.39 is 11.6 Å². The van der Waals surface area contributed by atoms with Gasteiger partial charge in [-0.25, -0.2) is 4.79 Å². The molecule has 42 heavy (non-hydrogen) atoms.